The third-order valence-corrected chi connectivity index (χ3v) is 5.27. The highest BCUT2D eigenvalue weighted by Gasteiger charge is 2.04. The number of hydrogen-bond donors (Lipinski definition) is 0. The molecular weight excluding hydrogens is 350 g/mol. The molecule has 0 radical (unpaired) electrons. The summed E-state index contributed by atoms with van der Waals surface area (Å²) in [6.45, 7) is 0. The number of para-hydroxylation sites is 2. The average Bonchev–Trinajstić information content (AvgIpc) is 2.80. The summed E-state index contributed by atoms with van der Waals surface area (Å²) in [5.41, 5.74) is 3.83. The molecule has 0 aromatic heterocycles. The van der Waals surface area contributed by atoms with Gasteiger partial charge in [0.15, 0.2) is 0 Å². The Kier molecular flexibility index (Phi) is 6.39. The summed E-state index contributed by atoms with van der Waals surface area (Å²) in [6, 6.07) is 36.4. The number of benzene rings is 4. The lowest BCUT2D eigenvalue weighted by molar-refractivity contribution is 0.749. The first-order valence-electron chi connectivity index (χ1n) is 10.4. The van der Waals surface area contributed by atoms with Gasteiger partial charge in [-0.2, -0.15) is 0 Å². The second-order valence-electron chi connectivity index (χ2n) is 7.31. The molecular formula is C28H27N. The van der Waals surface area contributed by atoms with Crippen LogP contribution >= 0.6 is 0 Å². The summed E-state index contributed by atoms with van der Waals surface area (Å²) in [6.07, 6.45) is 9.12. The highest BCUT2D eigenvalue weighted by atomic mass is 15.1. The van der Waals surface area contributed by atoms with Crippen molar-refractivity contribution in [2.75, 3.05) is 4.90 Å². The van der Waals surface area contributed by atoms with Crippen LogP contribution in [0.3, 0.4) is 0 Å². The van der Waals surface area contributed by atoms with Crippen LogP contribution in [-0.2, 0) is 6.42 Å². The molecule has 0 heterocycles. The van der Waals surface area contributed by atoms with Crippen molar-refractivity contribution in [1.82, 2.24) is 0 Å². The van der Waals surface area contributed by atoms with Crippen LogP contribution in [0.4, 0.5) is 11.4 Å². The molecule has 0 spiro atoms. The second-order valence-corrected chi connectivity index (χ2v) is 7.31. The van der Waals surface area contributed by atoms with Gasteiger partial charge >= 0.3 is 0 Å². The first kappa shape index (κ1) is 19.0. The molecule has 4 aromatic carbocycles. The molecule has 0 aliphatic heterocycles. The van der Waals surface area contributed by atoms with Crippen LogP contribution in [0.5, 0.6) is 0 Å². The van der Waals surface area contributed by atoms with Crippen molar-refractivity contribution in [3.63, 3.8) is 0 Å². The van der Waals surface area contributed by atoms with Crippen molar-refractivity contribution in [3.8, 4) is 0 Å². The van der Waals surface area contributed by atoms with E-state index < -0.39 is 0 Å². The fourth-order valence-electron chi connectivity index (χ4n) is 3.77. The fraction of sp³-hybridized carbons (Fsp3) is 0.143. The molecule has 0 unspecified atom stereocenters. The molecule has 4 aromatic rings. The van der Waals surface area contributed by atoms with Crippen LogP contribution in [0.15, 0.2) is 115 Å². The Hall–Kier alpha value is -3.32. The number of hydrogen-bond acceptors (Lipinski definition) is 1. The van der Waals surface area contributed by atoms with Gasteiger partial charge in [-0.25, -0.2) is 0 Å². The summed E-state index contributed by atoms with van der Waals surface area (Å²) in [4.78, 5) is 2.25. The molecule has 0 N–H and O–H groups in total. The van der Waals surface area contributed by atoms with Crippen LogP contribution in [-0.4, -0.2) is 0 Å². The van der Waals surface area contributed by atoms with Crippen LogP contribution in [0.1, 0.15) is 24.8 Å². The maximum absolute atomic E-state index is 2.29. The SMILES string of the molecule is C(=CN(c1ccccc1)c1ccccc1)CCCCc1cccc2ccccc12. The smallest absolute Gasteiger partial charge is 0.0455 e. The summed E-state index contributed by atoms with van der Waals surface area (Å²) >= 11 is 0. The van der Waals surface area contributed by atoms with Crippen molar-refractivity contribution in [2.45, 2.75) is 25.7 Å². The molecule has 0 fully saturated rings. The maximum atomic E-state index is 2.29. The Morgan fingerprint density at radius 3 is 1.93 bits per heavy atom. The van der Waals surface area contributed by atoms with Gasteiger partial charge in [-0.05, 0) is 66.3 Å². The number of nitrogens with zero attached hydrogens (tertiary/aromatic N) is 1. The third-order valence-electron chi connectivity index (χ3n) is 5.27. The van der Waals surface area contributed by atoms with Crippen LogP contribution < -0.4 is 4.90 Å². The molecule has 144 valence electrons. The number of allylic oxidation sites excluding steroid dienone is 1. The number of aryl methyl sites for hydroxylation is 1. The van der Waals surface area contributed by atoms with E-state index in [-0.39, 0.29) is 0 Å². The standard InChI is InChI=1S/C28H27N/c1(5-14-24-16-13-17-25-15-10-11-22-28(24)25)2-12-23-29(26-18-6-3-7-19-26)27-20-8-4-9-21-27/h3-4,6-13,15-23H,1-2,5,14H2. The van der Waals surface area contributed by atoms with E-state index in [1.807, 2.05) is 0 Å². The lowest BCUT2D eigenvalue weighted by Gasteiger charge is -2.20. The second kappa shape index (κ2) is 9.75. The van der Waals surface area contributed by atoms with Crippen LogP contribution in [0.25, 0.3) is 10.8 Å². The molecule has 1 heteroatoms. The van der Waals surface area contributed by atoms with Gasteiger partial charge in [0.25, 0.3) is 0 Å². The van der Waals surface area contributed by atoms with Crippen molar-refractivity contribution < 1.29 is 0 Å². The number of rotatable bonds is 8. The first-order chi connectivity index (χ1) is 14.4. The van der Waals surface area contributed by atoms with E-state index in [1.165, 1.54) is 40.6 Å². The minimum Gasteiger partial charge on any atom is -0.318 e. The van der Waals surface area contributed by atoms with Gasteiger partial charge in [-0.1, -0.05) is 84.9 Å². The fourth-order valence-corrected chi connectivity index (χ4v) is 3.77. The van der Waals surface area contributed by atoms with Crippen molar-refractivity contribution in [1.29, 1.82) is 0 Å². The number of anilines is 2. The molecule has 29 heavy (non-hydrogen) atoms. The zero-order valence-corrected chi connectivity index (χ0v) is 16.7. The van der Waals surface area contributed by atoms with E-state index in [0.717, 1.165) is 12.8 Å². The van der Waals surface area contributed by atoms with E-state index in [9.17, 15) is 0 Å². The van der Waals surface area contributed by atoms with Gasteiger partial charge in [0.05, 0.1) is 0 Å². The minimum atomic E-state index is 1.08. The molecule has 0 aliphatic carbocycles. The zero-order chi connectivity index (χ0) is 19.7. The predicted octanol–water partition coefficient (Wildman–Crippen LogP) is 7.90. The van der Waals surface area contributed by atoms with E-state index in [0.29, 0.717) is 0 Å². The van der Waals surface area contributed by atoms with E-state index in [2.05, 4.69) is 120 Å². The van der Waals surface area contributed by atoms with E-state index in [1.54, 1.807) is 0 Å². The maximum Gasteiger partial charge on any atom is 0.0455 e. The highest BCUT2D eigenvalue weighted by molar-refractivity contribution is 5.85. The highest BCUT2D eigenvalue weighted by Crippen LogP contribution is 2.25. The van der Waals surface area contributed by atoms with Gasteiger partial charge in [-0.15, -0.1) is 0 Å². The Morgan fingerprint density at radius 2 is 1.21 bits per heavy atom. The molecule has 0 aliphatic rings. The quantitative estimate of drug-likeness (QED) is 0.282. The summed E-state index contributed by atoms with van der Waals surface area (Å²) in [5, 5.41) is 2.73. The topological polar surface area (TPSA) is 3.24 Å². The number of fused-ring (bicyclic) bond motifs is 1. The lowest BCUT2D eigenvalue weighted by atomic mass is 10.00. The van der Waals surface area contributed by atoms with Crippen molar-refractivity contribution in [2.24, 2.45) is 0 Å². The monoisotopic (exact) mass is 377 g/mol. The normalized spacial score (nSPS) is 11.2. The molecule has 4 rings (SSSR count). The lowest BCUT2D eigenvalue weighted by Crippen LogP contribution is -2.07. The summed E-state index contributed by atoms with van der Waals surface area (Å²) in [7, 11) is 0. The van der Waals surface area contributed by atoms with Crippen molar-refractivity contribution >= 4 is 22.1 Å². The Balaban J connectivity index is 1.36. The van der Waals surface area contributed by atoms with E-state index >= 15 is 0 Å². The zero-order valence-electron chi connectivity index (χ0n) is 16.7. The van der Waals surface area contributed by atoms with Gasteiger partial charge < -0.3 is 4.90 Å². The van der Waals surface area contributed by atoms with Gasteiger partial charge in [0, 0.05) is 17.6 Å². The van der Waals surface area contributed by atoms with Crippen molar-refractivity contribution in [3.05, 3.63) is 121 Å². The first-order valence-corrected chi connectivity index (χ1v) is 10.4. The predicted molar refractivity (Wildman–Crippen MR) is 126 cm³/mol. The van der Waals surface area contributed by atoms with Gasteiger partial charge in [0.2, 0.25) is 0 Å². The van der Waals surface area contributed by atoms with E-state index in [4.69, 9.17) is 0 Å². The molecule has 0 saturated carbocycles. The average molecular weight is 378 g/mol. The van der Waals surface area contributed by atoms with Crippen LogP contribution in [0.2, 0.25) is 0 Å². The Bertz CT molecular complexity index is 1010. The Morgan fingerprint density at radius 1 is 0.586 bits per heavy atom. The Labute approximate surface area is 173 Å². The molecule has 1 nitrogen and oxygen atoms in total. The number of unbranched alkanes of at least 4 members (excludes halogenated alkanes) is 2. The molecule has 0 saturated heterocycles. The summed E-state index contributed by atoms with van der Waals surface area (Å²) in [5.74, 6) is 0. The summed E-state index contributed by atoms with van der Waals surface area (Å²) < 4.78 is 0. The third kappa shape index (κ3) is 4.94. The molecule has 0 bridgehead atoms. The molecule has 0 amide bonds. The van der Waals surface area contributed by atoms with Gasteiger partial charge in [0.1, 0.15) is 0 Å². The van der Waals surface area contributed by atoms with Gasteiger partial charge in [-0.3, -0.25) is 0 Å². The molecule has 0 atom stereocenters. The minimum absolute atomic E-state index is 1.08. The largest absolute Gasteiger partial charge is 0.318 e. The van der Waals surface area contributed by atoms with Crippen LogP contribution in [0, 0.1) is 0 Å².